The second-order valence-corrected chi connectivity index (χ2v) is 4.92. The van der Waals surface area contributed by atoms with E-state index in [1.54, 1.807) is 12.1 Å². The Morgan fingerprint density at radius 2 is 2.00 bits per heavy atom. The van der Waals surface area contributed by atoms with Gasteiger partial charge < -0.3 is 4.18 Å². The maximum atomic E-state index is 11.2. The summed E-state index contributed by atoms with van der Waals surface area (Å²) in [7, 11) is -2.37. The molecular formula is C7H7N3O3S2. The summed E-state index contributed by atoms with van der Waals surface area (Å²) in [5.74, 6) is 0. The standard InChI is InChI=1S/C7H7N3O3S2/c1-13-14-6-2-4-7(5-3-6)15(11,12)10-9-8/h2-5H,1H3. The Hall–Kier alpha value is -1.21. The zero-order valence-corrected chi connectivity index (χ0v) is 9.33. The summed E-state index contributed by atoms with van der Waals surface area (Å²) in [6.07, 6.45) is 0. The van der Waals surface area contributed by atoms with Crippen LogP contribution in [0.3, 0.4) is 0 Å². The first kappa shape index (κ1) is 11.9. The van der Waals surface area contributed by atoms with E-state index in [0.29, 0.717) is 0 Å². The molecule has 0 spiro atoms. The van der Waals surface area contributed by atoms with Crippen LogP contribution < -0.4 is 0 Å². The summed E-state index contributed by atoms with van der Waals surface area (Å²) in [5.41, 5.74) is 8.06. The molecule has 0 saturated heterocycles. The Labute approximate surface area is 91.1 Å². The lowest BCUT2D eigenvalue weighted by Crippen LogP contribution is -1.94. The first-order valence-corrected chi connectivity index (χ1v) is 5.90. The number of azide groups is 1. The molecule has 1 rings (SSSR count). The summed E-state index contributed by atoms with van der Waals surface area (Å²) in [5, 5.41) is 0. The molecule has 8 heteroatoms. The predicted molar refractivity (Wildman–Crippen MR) is 55.6 cm³/mol. The second kappa shape index (κ2) is 5.04. The average molecular weight is 245 g/mol. The van der Waals surface area contributed by atoms with Crippen molar-refractivity contribution in [3.63, 3.8) is 0 Å². The fourth-order valence-electron chi connectivity index (χ4n) is 0.859. The molecule has 0 radical (unpaired) electrons. The van der Waals surface area contributed by atoms with Crippen molar-refractivity contribution < 1.29 is 12.6 Å². The van der Waals surface area contributed by atoms with E-state index in [9.17, 15) is 8.42 Å². The van der Waals surface area contributed by atoms with Crippen LogP contribution >= 0.6 is 12.0 Å². The minimum atomic E-state index is -3.88. The largest absolute Gasteiger partial charge is 0.314 e. The summed E-state index contributed by atoms with van der Waals surface area (Å²) < 4.78 is 30.0. The van der Waals surface area contributed by atoms with Gasteiger partial charge in [0.05, 0.1) is 12.0 Å². The van der Waals surface area contributed by atoms with E-state index < -0.39 is 10.0 Å². The van der Waals surface area contributed by atoms with Gasteiger partial charge in [-0.3, -0.25) is 0 Å². The molecule has 1 aromatic rings. The fourth-order valence-corrected chi connectivity index (χ4v) is 1.97. The van der Waals surface area contributed by atoms with E-state index in [4.69, 9.17) is 9.71 Å². The number of hydrogen-bond acceptors (Lipinski definition) is 4. The van der Waals surface area contributed by atoms with E-state index in [-0.39, 0.29) is 4.90 Å². The van der Waals surface area contributed by atoms with Gasteiger partial charge in [-0.25, -0.2) is 8.42 Å². The zero-order valence-electron chi connectivity index (χ0n) is 7.69. The quantitative estimate of drug-likeness (QED) is 0.352. The smallest absolute Gasteiger partial charge is 0.264 e. The molecular weight excluding hydrogens is 238 g/mol. The molecule has 0 unspecified atom stereocenters. The van der Waals surface area contributed by atoms with Crippen LogP contribution in [0.1, 0.15) is 0 Å². The molecule has 80 valence electrons. The van der Waals surface area contributed by atoms with Crippen molar-refractivity contribution in [3.8, 4) is 0 Å². The number of rotatable bonds is 4. The molecule has 15 heavy (non-hydrogen) atoms. The molecule has 0 aromatic heterocycles. The Kier molecular flexibility index (Phi) is 3.98. The van der Waals surface area contributed by atoms with Crippen molar-refractivity contribution in [2.24, 2.45) is 4.52 Å². The van der Waals surface area contributed by atoms with Gasteiger partial charge in [0.2, 0.25) is 0 Å². The number of sulfonamides is 1. The minimum absolute atomic E-state index is 0.0410. The van der Waals surface area contributed by atoms with Gasteiger partial charge >= 0.3 is 0 Å². The molecule has 0 fully saturated rings. The van der Waals surface area contributed by atoms with Crippen molar-refractivity contribution in [3.05, 3.63) is 34.7 Å². The topological polar surface area (TPSA) is 92.1 Å². The maximum Gasteiger partial charge on any atom is 0.264 e. The highest BCUT2D eigenvalue weighted by atomic mass is 32.2. The third kappa shape index (κ3) is 3.14. The Bertz CT molecular complexity index is 477. The van der Waals surface area contributed by atoms with Crippen LogP contribution in [-0.2, 0) is 14.2 Å². The van der Waals surface area contributed by atoms with Crippen molar-refractivity contribution >= 4 is 22.1 Å². The lowest BCUT2D eigenvalue weighted by atomic mass is 10.4. The number of nitrogens with zero attached hydrogens (tertiary/aromatic N) is 3. The molecule has 6 nitrogen and oxygen atoms in total. The van der Waals surface area contributed by atoms with Crippen LogP contribution in [0.2, 0.25) is 0 Å². The van der Waals surface area contributed by atoms with Crippen LogP contribution in [0.25, 0.3) is 10.4 Å². The Balaban J connectivity index is 3.04. The van der Waals surface area contributed by atoms with Gasteiger partial charge in [-0.15, -0.1) is 0 Å². The molecule has 0 saturated carbocycles. The zero-order chi connectivity index (χ0) is 11.3. The Morgan fingerprint density at radius 3 is 2.47 bits per heavy atom. The van der Waals surface area contributed by atoms with E-state index >= 15 is 0 Å². The molecule has 0 amide bonds. The van der Waals surface area contributed by atoms with Gasteiger partial charge in [-0.2, -0.15) is 0 Å². The lowest BCUT2D eigenvalue weighted by Gasteiger charge is -1.99. The second-order valence-electron chi connectivity index (χ2n) is 2.37. The highest BCUT2D eigenvalue weighted by Gasteiger charge is 2.11. The summed E-state index contributed by atoms with van der Waals surface area (Å²) >= 11 is 1.11. The summed E-state index contributed by atoms with van der Waals surface area (Å²) in [4.78, 5) is 2.97. The normalized spacial score (nSPS) is 10.7. The molecule has 0 heterocycles. The van der Waals surface area contributed by atoms with Gasteiger partial charge in [0, 0.05) is 26.4 Å². The van der Waals surface area contributed by atoms with E-state index in [0.717, 1.165) is 16.9 Å². The average Bonchev–Trinajstić information content (AvgIpc) is 2.19. The maximum absolute atomic E-state index is 11.2. The van der Waals surface area contributed by atoms with Crippen LogP contribution in [0.5, 0.6) is 0 Å². The van der Waals surface area contributed by atoms with Gasteiger partial charge in [0.15, 0.2) is 0 Å². The highest BCUT2D eigenvalue weighted by Crippen LogP contribution is 2.21. The van der Waals surface area contributed by atoms with Crippen molar-refractivity contribution in [2.75, 3.05) is 7.11 Å². The van der Waals surface area contributed by atoms with Gasteiger partial charge in [-0.05, 0) is 29.8 Å². The molecule has 1 aromatic carbocycles. The SMILES string of the molecule is COSc1ccc(S(=O)(=O)N=[N+]=[N-])cc1. The van der Waals surface area contributed by atoms with Gasteiger partial charge in [0.25, 0.3) is 10.0 Å². The van der Waals surface area contributed by atoms with Gasteiger partial charge in [-0.1, -0.05) is 0 Å². The number of benzene rings is 1. The first-order chi connectivity index (χ1) is 7.10. The molecule has 0 aliphatic carbocycles. The Morgan fingerprint density at radius 1 is 1.40 bits per heavy atom. The van der Waals surface area contributed by atoms with Crippen LogP contribution in [-0.4, -0.2) is 15.5 Å². The molecule has 0 aliphatic heterocycles. The molecule has 0 N–H and O–H groups in total. The number of hydrogen-bond donors (Lipinski definition) is 0. The third-order valence-corrected chi connectivity index (χ3v) is 3.23. The third-order valence-electron chi connectivity index (χ3n) is 1.45. The van der Waals surface area contributed by atoms with Crippen LogP contribution in [0, 0.1) is 0 Å². The molecule has 0 atom stereocenters. The van der Waals surface area contributed by atoms with E-state index in [1.165, 1.54) is 19.2 Å². The van der Waals surface area contributed by atoms with Crippen LogP contribution in [0.15, 0.2) is 38.6 Å². The van der Waals surface area contributed by atoms with Crippen molar-refractivity contribution in [1.29, 1.82) is 0 Å². The minimum Gasteiger partial charge on any atom is -0.314 e. The van der Waals surface area contributed by atoms with Crippen molar-refractivity contribution in [2.45, 2.75) is 9.79 Å². The fraction of sp³-hybridized carbons (Fsp3) is 0.143. The summed E-state index contributed by atoms with van der Waals surface area (Å²) in [6, 6.07) is 5.83. The molecule has 0 aliphatic rings. The predicted octanol–water partition coefficient (Wildman–Crippen LogP) is 2.34. The monoisotopic (exact) mass is 245 g/mol. The summed E-state index contributed by atoms with van der Waals surface area (Å²) in [6.45, 7) is 0. The van der Waals surface area contributed by atoms with Gasteiger partial charge in [0.1, 0.15) is 0 Å². The van der Waals surface area contributed by atoms with E-state index in [1.807, 2.05) is 0 Å². The van der Waals surface area contributed by atoms with E-state index in [2.05, 4.69) is 9.43 Å². The van der Waals surface area contributed by atoms with Crippen LogP contribution in [0.4, 0.5) is 0 Å². The van der Waals surface area contributed by atoms with Crippen molar-refractivity contribution in [1.82, 2.24) is 0 Å². The molecule has 0 bridgehead atoms. The first-order valence-electron chi connectivity index (χ1n) is 3.72. The highest BCUT2D eigenvalue weighted by molar-refractivity contribution is 7.94. The lowest BCUT2D eigenvalue weighted by molar-refractivity contribution is 0.490.